The molecule has 1 saturated heterocycles. The Hall–Kier alpha value is -0.0800. The van der Waals surface area contributed by atoms with Crippen molar-refractivity contribution in [3.63, 3.8) is 0 Å². The van der Waals surface area contributed by atoms with Gasteiger partial charge in [0.2, 0.25) is 0 Å². The molecular formula is C13H26N2. The van der Waals surface area contributed by atoms with Crippen molar-refractivity contribution < 1.29 is 0 Å². The summed E-state index contributed by atoms with van der Waals surface area (Å²) in [5, 5.41) is 3.80. The molecule has 0 spiro atoms. The lowest BCUT2D eigenvalue weighted by Crippen LogP contribution is -2.51. The molecule has 1 N–H and O–H groups in total. The Morgan fingerprint density at radius 2 is 2.00 bits per heavy atom. The van der Waals surface area contributed by atoms with Crippen LogP contribution in [-0.2, 0) is 0 Å². The average Bonchev–Trinajstić information content (AvgIpc) is 2.89. The number of hydrogen-bond donors (Lipinski definition) is 1. The summed E-state index contributed by atoms with van der Waals surface area (Å²) in [7, 11) is 2.25. The van der Waals surface area contributed by atoms with Gasteiger partial charge in [0.1, 0.15) is 0 Å². The molecule has 0 aromatic carbocycles. The van der Waals surface area contributed by atoms with Crippen LogP contribution in [0.4, 0.5) is 0 Å². The minimum atomic E-state index is 0.645. The highest BCUT2D eigenvalue weighted by molar-refractivity contribution is 4.93. The molecule has 88 valence electrons. The molecule has 3 unspecified atom stereocenters. The molecule has 2 heteroatoms. The normalized spacial score (nSPS) is 40.4. The molecule has 15 heavy (non-hydrogen) atoms. The van der Waals surface area contributed by atoms with E-state index in [2.05, 4.69) is 38.0 Å². The Bertz CT molecular complexity index is 223. The number of nitrogens with one attached hydrogen (secondary N) is 1. The molecule has 1 heterocycles. The molecule has 1 aliphatic carbocycles. The first kappa shape index (κ1) is 11.4. The molecule has 3 atom stereocenters. The van der Waals surface area contributed by atoms with E-state index in [4.69, 9.17) is 0 Å². The summed E-state index contributed by atoms with van der Waals surface area (Å²) in [5.41, 5.74) is 0.645. The smallest absolute Gasteiger partial charge is 0.0120 e. The standard InChI is InChI=1S/C13H26N2/c1-10-8-15(4)11(2)7-12(10)14-9-13(3)5-6-13/h10-12,14H,5-9H2,1-4H3. The fourth-order valence-corrected chi connectivity index (χ4v) is 2.59. The Kier molecular flexibility index (Phi) is 3.09. The van der Waals surface area contributed by atoms with Crippen molar-refractivity contribution in [2.24, 2.45) is 11.3 Å². The molecule has 0 aromatic heterocycles. The molecule has 0 radical (unpaired) electrons. The van der Waals surface area contributed by atoms with Crippen molar-refractivity contribution in [3.8, 4) is 0 Å². The van der Waals surface area contributed by atoms with Gasteiger partial charge >= 0.3 is 0 Å². The van der Waals surface area contributed by atoms with Gasteiger partial charge in [-0.1, -0.05) is 13.8 Å². The monoisotopic (exact) mass is 210 g/mol. The number of hydrogen-bond acceptors (Lipinski definition) is 2. The first-order valence-corrected chi connectivity index (χ1v) is 6.44. The Balaban J connectivity index is 1.80. The molecule has 0 aromatic rings. The van der Waals surface area contributed by atoms with Crippen LogP contribution < -0.4 is 5.32 Å². The van der Waals surface area contributed by atoms with Gasteiger partial charge in [-0.3, -0.25) is 0 Å². The predicted octanol–water partition coefficient (Wildman–Crippen LogP) is 2.10. The second-order valence-corrected chi connectivity index (χ2v) is 6.30. The molecule has 1 saturated carbocycles. The van der Waals surface area contributed by atoms with Crippen molar-refractivity contribution in [2.75, 3.05) is 20.1 Å². The van der Waals surface area contributed by atoms with E-state index in [9.17, 15) is 0 Å². The molecule has 0 bridgehead atoms. The maximum absolute atomic E-state index is 3.80. The first-order chi connectivity index (χ1) is 7.00. The molecule has 2 rings (SSSR count). The van der Waals surface area contributed by atoms with E-state index in [1.165, 1.54) is 32.4 Å². The van der Waals surface area contributed by atoms with Crippen LogP contribution in [-0.4, -0.2) is 37.1 Å². The van der Waals surface area contributed by atoms with Crippen LogP contribution in [0.5, 0.6) is 0 Å². The second kappa shape index (κ2) is 4.06. The van der Waals surface area contributed by atoms with E-state index < -0.39 is 0 Å². The van der Waals surface area contributed by atoms with Crippen LogP contribution in [0.2, 0.25) is 0 Å². The summed E-state index contributed by atoms with van der Waals surface area (Å²) in [6.07, 6.45) is 4.17. The molecule has 2 aliphatic rings. The van der Waals surface area contributed by atoms with Gasteiger partial charge in [-0.25, -0.2) is 0 Å². The predicted molar refractivity (Wildman–Crippen MR) is 65.0 cm³/mol. The summed E-state index contributed by atoms with van der Waals surface area (Å²) in [5.74, 6) is 0.800. The van der Waals surface area contributed by atoms with Crippen LogP contribution in [0.3, 0.4) is 0 Å². The summed E-state index contributed by atoms with van der Waals surface area (Å²) >= 11 is 0. The SMILES string of the molecule is CC1CN(C)C(C)CC1NCC1(C)CC1. The Morgan fingerprint density at radius 3 is 2.60 bits per heavy atom. The number of likely N-dealkylation sites (tertiary alicyclic amines) is 1. The van der Waals surface area contributed by atoms with Gasteiger partial charge in [-0.15, -0.1) is 0 Å². The molecule has 0 amide bonds. The maximum atomic E-state index is 3.80. The van der Waals surface area contributed by atoms with E-state index in [1.54, 1.807) is 0 Å². The van der Waals surface area contributed by atoms with E-state index in [1.807, 2.05) is 0 Å². The van der Waals surface area contributed by atoms with Gasteiger partial charge < -0.3 is 10.2 Å². The zero-order chi connectivity index (χ0) is 11.1. The highest BCUT2D eigenvalue weighted by Crippen LogP contribution is 2.44. The van der Waals surface area contributed by atoms with Gasteiger partial charge in [0.15, 0.2) is 0 Å². The van der Waals surface area contributed by atoms with Gasteiger partial charge in [-0.2, -0.15) is 0 Å². The summed E-state index contributed by atoms with van der Waals surface area (Å²) in [6.45, 7) is 9.62. The van der Waals surface area contributed by atoms with E-state index in [0.29, 0.717) is 5.41 Å². The molecule has 2 fully saturated rings. The quantitative estimate of drug-likeness (QED) is 0.767. The van der Waals surface area contributed by atoms with Gasteiger partial charge in [0.05, 0.1) is 0 Å². The lowest BCUT2D eigenvalue weighted by Gasteiger charge is -2.40. The van der Waals surface area contributed by atoms with E-state index in [0.717, 1.165) is 18.0 Å². The maximum Gasteiger partial charge on any atom is 0.0120 e. The van der Waals surface area contributed by atoms with Gasteiger partial charge in [0.25, 0.3) is 0 Å². The zero-order valence-corrected chi connectivity index (χ0v) is 10.7. The van der Waals surface area contributed by atoms with Crippen molar-refractivity contribution in [1.29, 1.82) is 0 Å². The molecule has 1 aliphatic heterocycles. The van der Waals surface area contributed by atoms with Crippen molar-refractivity contribution in [3.05, 3.63) is 0 Å². The summed E-state index contributed by atoms with van der Waals surface area (Å²) < 4.78 is 0. The highest BCUT2D eigenvalue weighted by atomic mass is 15.2. The second-order valence-electron chi connectivity index (χ2n) is 6.30. The van der Waals surface area contributed by atoms with Crippen molar-refractivity contribution in [2.45, 2.75) is 52.1 Å². The van der Waals surface area contributed by atoms with Crippen LogP contribution in [0.25, 0.3) is 0 Å². The topological polar surface area (TPSA) is 15.3 Å². The number of rotatable bonds is 3. The fourth-order valence-electron chi connectivity index (χ4n) is 2.59. The lowest BCUT2D eigenvalue weighted by molar-refractivity contribution is 0.119. The Labute approximate surface area is 94.4 Å². The third-order valence-corrected chi connectivity index (χ3v) is 4.50. The van der Waals surface area contributed by atoms with Gasteiger partial charge in [0, 0.05) is 25.2 Å². The fraction of sp³-hybridized carbons (Fsp3) is 1.00. The minimum absolute atomic E-state index is 0.645. The third kappa shape index (κ3) is 2.73. The largest absolute Gasteiger partial charge is 0.313 e. The van der Waals surface area contributed by atoms with E-state index in [-0.39, 0.29) is 0 Å². The molecule has 2 nitrogen and oxygen atoms in total. The van der Waals surface area contributed by atoms with Crippen molar-refractivity contribution in [1.82, 2.24) is 10.2 Å². The van der Waals surface area contributed by atoms with Crippen LogP contribution in [0, 0.1) is 11.3 Å². The highest BCUT2D eigenvalue weighted by Gasteiger charge is 2.38. The summed E-state index contributed by atoms with van der Waals surface area (Å²) in [6, 6.07) is 1.49. The lowest BCUT2D eigenvalue weighted by atomic mass is 9.89. The number of piperidine rings is 1. The first-order valence-electron chi connectivity index (χ1n) is 6.44. The van der Waals surface area contributed by atoms with Crippen LogP contribution in [0.1, 0.15) is 40.0 Å². The summed E-state index contributed by atoms with van der Waals surface area (Å²) in [4.78, 5) is 2.49. The van der Waals surface area contributed by atoms with Crippen LogP contribution in [0.15, 0.2) is 0 Å². The van der Waals surface area contributed by atoms with Gasteiger partial charge in [-0.05, 0) is 44.6 Å². The third-order valence-electron chi connectivity index (χ3n) is 4.50. The van der Waals surface area contributed by atoms with E-state index >= 15 is 0 Å². The zero-order valence-electron chi connectivity index (χ0n) is 10.7. The average molecular weight is 210 g/mol. The Morgan fingerprint density at radius 1 is 1.33 bits per heavy atom. The minimum Gasteiger partial charge on any atom is -0.313 e. The van der Waals surface area contributed by atoms with Crippen molar-refractivity contribution >= 4 is 0 Å². The number of nitrogens with zero attached hydrogens (tertiary/aromatic N) is 1. The van der Waals surface area contributed by atoms with Crippen LogP contribution >= 0.6 is 0 Å². The molecular weight excluding hydrogens is 184 g/mol.